The fourth-order valence-electron chi connectivity index (χ4n) is 2.09. The number of para-hydroxylation sites is 1. The van der Waals surface area contributed by atoms with Crippen molar-refractivity contribution < 1.29 is 14.4 Å². The van der Waals surface area contributed by atoms with Gasteiger partial charge < -0.3 is 4.84 Å². The topological polar surface area (TPSA) is 84.4 Å². The van der Waals surface area contributed by atoms with Crippen LogP contribution in [-0.2, 0) is 0 Å². The van der Waals surface area contributed by atoms with Crippen LogP contribution in [0.1, 0.15) is 10.4 Å². The molecule has 1 aromatic heterocycles. The van der Waals surface area contributed by atoms with Crippen molar-refractivity contribution in [2.45, 2.75) is 0 Å². The highest BCUT2D eigenvalue weighted by Gasteiger charge is 2.25. The number of carbonyl (C=O) groups is 2. The number of carbonyl (C=O) groups excluding carboxylic acids is 2. The van der Waals surface area contributed by atoms with Gasteiger partial charge in [0.25, 0.3) is 5.91 Å². The summed E-state index contributed by atoms with van der Waals surface area (Å²) in [6.45, 7) is 0. The maximum absolute atomic E-state index is 12.8. The maximum atomic E-state index is 12.8. The molecule has 1 N–H and O–H groups in total. The number of anilines is 1. The van der Waals surface area contributed by atoms with Crippen LogP contribution < -0.4 is 15.2 Å². The Kier molecular flexibility index (Phi) is 4.96. The molecule has 0 bridgehead atoms. The number of hydrogen-bond donors (Lipinski definition) is 1. The third kappa shape index (κ3) is 3.97. The fourth-order valence-corrected chi connectivity index (χ4v) is 2.09. The highest BCUT2D eigenvalue weighted by atomic mass is 16.7. The van der Waals surface area contributed by atoms with Crippen molar-refractivity contribution in [2.24, 2.45) is 0 Å². The zero-order valence-corrected chi connectivity index (χ0v) is 13.1. The lowest BCUT2D eigenvalue weighted by Crippen LogP contribution is -2.45. The summed E-state index contributed by atoms with van der Waals surface area (Å²) in [5.74, 6) is -0.484. The van der Waals surface area contributed by atoms with E-state index in [9.17, 15) is 9.59 Å². The Hall–Kier alpha value is -3.74. The average Bonchev–Trinajstić information content (AvgIpc) is 2.69. The molecule has 7 nitrogen and oxygen atoms in total. The molecule has 0 radical (unpaired) electrons. The third-order valence-corrected chi connectivity index (χ3v) is 3.21. The first kappa shape index (κ1) is 16.1. The first-order valence-corrected chi connectivity index (χ1v) is 7.44. The predicted octanol–water partition coefficient (Wildman–Crippen LogP) is 2.83. The van der Waals surface area contributed by atoms with Crippen molar-refractivity contribution in [1.82, 2.24) is 15.4 Å². The molecule has 2 aromatic carbocycles. The number of aromatic nitrogens is 2. The molecular formula is C18H14N4O3. The minimum atomic E-state index is -0.757. The molecule has 7 heteroatoms. The number of hydroxylamine groups is 1. The second kappa shape index (κ2) is 7.69. The van der Waals surface area contributed by atoms with E-state index in [1.54, 1.807) is 66.7 Å². The lowest BCUT2D eigenvalue weighted by Gasteiger charge is -2.20. The lowest BCUT2D eigenvalue weighted by atomic mass is 10.2. The van der Waals surface area contributed by atoms with Crippen LogP contribution >= 0.6 is 0 Å². The quantitative estimate of drug-likeness (QED) is 0.742. The summed E-state index contributed by atoms with van der Waals surface area (Å²) in [6.07, 6.45) is 2.94. The largest absolute Gasteiger partial charge is 0.362 e. The molecule has 0 aliphatic rings. The highest BCUT2D eigenvalue weighted by molar-refractivity contribution is 6.20. The highest BCUT2D eigenvalue weighted by Crippen LogP contribution is 2.17. The summed E-state index contributed by atoms with van der Waals surface area (Å²) < 4.78 is 0. The van der Waals surface area contributed by atoms with Gasteiger partial charge in [-0.2, -0.15) is 5.48 Å². The number of hydrogen-bond acceptors (Lipinski definition) is 5. The van der Waals surface area contributed by atoms with Gasteiger partial charge in [-0.3, -0.25) is 4.79 Å². The van der Waals surface area contributed by atoms with E-state index in [0.717, 1.165) is 4.90 Å². The van der Waals surface area contributed by atoms with Crippen LogP contribution in [0.4, 0.5) is 10.5 Å². The van der Waals surface area contributed by atoms with Crippen LogP contribution in [0, 0.1) is 0 Å². The molecule has 3 aromatic rings. The van der Waals surface area contributed by atoms with E-state index in [1.807, 2.05) is 0 Å². The molecule has 0 fully saturated rings. The Balaban J connectivity index is 1.83. The second-order valence-corrected chi connectivity index (χ2v) is 4.88. The van der Waals surface area contributed by atoms with Crippen LogP contribution in [-0.4, -0.2) is 21.9 Å². The molecule has 1 heterocycles. The summed E-state index contributed by atoms with van der Waals surface area (Å²) in [4.78, 5) is 39.0. The standard InChI is InChI=1S/C18H14N4O3/c23-16(14-8-3-1-4-9-14)22(15-10-5-2-6-11-15)18(24)21-25-17-19-12-7-13-20-17/h1-13H,(H,21,24). The molecule has 0 saturated heterocycles. The Bertz CT molecular complexity index is 842. The summed E-state index contributed by atoms with van der Waals surface area (Å²) >= 11 is 0. The Morgan fingerprint density at radius 3 is 2.08 bits per heavy atom. The average molecular weight is 334 g/mol. The van der Waals surface area contributed by atoms with Gasteiger partial charge in [0.05, 0.1) is 5.69 Å². The van der Waals surface area contributed by atoms with Crippen LogP contribution in [0.2, 0.25) is 0 Å². The molecule has 0 aliphatic carbocycles. The van der Waals surface area contributed by atoms with Gasteiger partial charge in [-0.05, 0) is 30.3 Å². The molecule has 124 valence electrons. The Morgan fingerprint density at radius 2 is 1.44 bits per heavy atom. The van der Waals surface area contributed by atoms with E-state index >= 15 is 0 Å². The minimum absolute atomic E-state index is 0.0315. The number of nitrogens with zero attached hydrogens (tertiary/aromatic N) is 3. The van der Waals surface area contributed by atoms with Crippen molar-refractivity contribution >= 4 is 17.6 Å². The van der Waals surface area contributed by atoms with Crippen LogP contribution in [0.15, 0.2) is 79.1 Å². The number of nitrogens with one attached hydrogen (secondary N) is 1. The van der Waals surface area contributed by atoms with E-state index in [4.69, 9.17) is 4.84 Å². The SMILES string of the molecule is O=C(NOc1ncccn1)N(C(=O)c1ccccc1)c1ccccc1. The lowest BCUT2D eigenvalue weighted by molar-refractivity contribution is 0.0983. The van der Waals surface area contributed by atoms with Gasteiger partial charge in [-0.1, -0.05) is 36.4 Å². The van der Waals surface area contributed by atoms with E-state index in [0.29, 0.717) is 11.3 Å². The smallest absolute Gasteiger partial charge is 0.336 e. The van der Waals surface area contributed by atoms with Crippen molar-refractivity contribution in [3.05, 3.63) is 84.7 Å². The fraction of sp³-hybridized carbons (Fsp3) is 0. The Labute approximate surface area is 143 Å². The predicted molar refractivity (Wildman–Crippen MR) is 90.9 cm³/mol. The van der Waals surface area contributed by atoms with Gasteiger partial charge in [-0.25, -0.2) is 19.7 Å². The van der Waals surface area contributed by atoms with Gasteiger partial charge >= 0.3 is 12.0 Å². The van der Waals surface area contributed by atoms with E-state index < -0.39 is 11.9 Å². The van der Waals surface area contributed by atoms with Crippen molar-refractivity contribution in [3.8, 4) is 6.01 Å². The van der Waals surface area contributed by atoms with Gasteiger partial charge in [0.15, 0.2) is 0 Å². The molecule has 0 aliphatic heterocycles. The molecule has 0 unspecified atom stereocenters. The second-order valence-electron chi connectivity index (χ2n) is 4.88. The van der Waals surface area contributed by atoms with Crippen molar-refractivity contribution in [1.29, 1.82) is 0 Å². The first-order valence-electron chi connectivity index (χ1n) is 7.44. The van der Waals surface area contributed by atoms with Crippen LogP contribution in [0.5, 0.6) is 6.01 Å². The summed E-state index contributed by atoms with van der Waals surface area (Å²) in [5, 5.41) is 0. The van der Waals surface area contributed by atoms with Gasteiger partial charge in [-0.15, -0.1) is 0 Å². The first-order chi connectivity index (χ1) is 12.3. The molecular weight excluding hydrogens is 320 g/mol. The van der Waals surface area contributed by atoms with E-state index in [2.05, 4.69) is 15.4 Å². The molecule has 0 spiro atoms. The molecule has 25 heavy (non-hydrogen) atoms. The minimum Gasteiger partial charge on any atom is -0.336 e. The van der Waals surface area contributed by atoms with E-state index in [1.165, 1.54) is 12.4 Å². The summed E-state index contributed by atoms with van der Waals surface area (Å²) in [5.41, 5.74) is 2.97. The van der Waals surface area contributed by atoms with Crippen molar-refractivity contribution in [3.63, 3.8) is 0 Å². The summed E-state index contributed by atoms with van der Waals surface area (Å²) in [6, 6.07) is 17.9. The normalized spacial score (nSPS) is 9.92. The van der Waals surface area contributed by atoms with Crippen LogP contribution in [0.25, 0.3) is 0 Å². The summed E-state index contributed by atoms with van der Waals surface area (Å²) in [7, 11) is 0. The molecule has 3 amide bonds. The van der Waals surface area contributed by atoms with Gasteiger partial charge in [0, 0.05) is 18.0 Å². The molecule has 0 saturated carbocycles. The monoisotopic (exact) mass is 334 g/mol. The van der Waals surface area contributed by atoms with Crippen molar-refractivity contribution in [2.75, 3.05) is 4.90 Å². The number of imide groups is 1. The number of amides is 3. The molecule has 3 rings (SSSR count). The van der Waals surface area contributed by atoms with Gasteiger partial charge in [0.1, 0.15) is 0 Å². The number of benzene rings is 2. The van der Waals surface area contributed by atoms with Gasteiger partial charge in [0.2, 0.25) is 0 Å². The molecule has 0 atom stereocenters. The third-order valence-electron chi connectivity index (χ3n) is 3.21. The zero-order chi connectivity index (χ0) is 17.5. The zero-order valence-electron chi connectivity index (χ0n) is 13.1. The maximum Gasteiger partial charge on any atom is 0.362 e. The van der Waals surface area contributed by atoms with E-state index in [-0.39, 0.29) is 6.01 Å². The van der Waals surface area contributed by atoms with Crippen LogP contribution in [0.3, 0.4) is 0 Å². The number of urea groups is 1. The Morgan fingerprint density at radius 1 is 0.840 bits per heavy atom. The number of rotatable bonds is 4.